The molecule has 1 aliphatic rings. The van der Waals surface area contributed by atoms with E-state index in [0.717, 1.165) is 16.5 Å². The van der Waals surface area contributed by atoms with E-state index in [2.05, 4.69) is 10.6 Å². The number of aliphatic hydroxyl groups excluding tert-OH is 1. The first-order valence-electron chi connectivity index (χ1n) is 14.5. The summed E-state index contributed by atoms with van der Waals surface area (Å²) in [6, 6.07) is 14.8. The summed E-state index contributed by atoms with van der Waals surface area (Å²) in [6.07, 6.45) is 5.55. The van der Waals surface area contributed by atoms with Crippen LogP contribution in [0.1, 0.15) is 62.2 Å². The highest BCUT2D eigenvalue weighted by molar-refractivity contribution is 5.95. The second-order valence-corrected chi connectivity index (χ2v) is 10.4. The molecule has 5 N–H and O–H groups in total. The molecule has 10 heteroatoms. The number of amides is 2. The third kappa shape index (κ3) is 7.37. The van der Waals surface area contributed by atoms with Crippen molar-refractivity contribution in [1.29, 1.82) is 0 Å². The minimum absolute atomic E-state index is 0.0189. The number of nitrogen functional groups attached to an aromatic ring is 1. The number of hydrogen-bond donors (Lipinski definition) is 4. The van der Waals surface area contributed by atoms with Gasteiger partial charge in [-0.05, 0) is 62.4 Å². The van der Waals surface area contributed by atoms with Gasteiger partial charge in [-0.1, -0.05) is 30.3 Å². The van der Waals surface area contributed by atoms with Gasteiger partial charge in [0.2, 0.25) is 18.1 Å². The number of carbonyl (C=O) groups excluding carboxylic acids is 3. The van der Waals surface area contributed by atoms with Crippen LogP contribution < -0.4 is 16.4 Å². The molecule has 3 aromatic rings. The summed E-state index contributed by atoms with van der Waals surface area (Å²) in [5, 5.41) is 16.2. The Morgan fingerprint density at radius 2 is 1.83 bits per heavy atom. The number of aromatic nitrogens is 1. The molecule has 0 fully saturated rings. The summed E-state index contributed by atoms with van der Waals surface area (Å²) in [4.78, 5) is 38.0. The van der Waals surface area contributed by atoms with Gasteiger partial charge in [0.25, 0.3) is 5.91 Å². The number of para-hydroxylation sites is 3. The zero-order valence-electron chi connectivity index (χ0n) is 24.2. The van der Waals surface area contributed by atoms with Crippen LogP contribution in [0.5, 0.6) is 0 Å². The standard InChI is InChI=1S/C32H40N4O6/c1-3-41-32-23(12-10-18-37)24(25-20-36(21(2)38)28-15-7-4-11-22(25)28)19-29(42-32)31(40)34-17-9-8-16-30(39)35-27-14-6-5-13-26(27)33/h4-7,11,13-15,19-20,23-24,32,37H,3,8-10,12,16-18,33H2,1-2H3,(H,34,40)(H,35,39)/t23-,24+,32-/m0/s1. The predicted octanol–water partition coefficient (Wildman–Crippen LogP) is 4.56. The van der Waals surface area contributed by atoms with Crippen LogP contribution in [0.25, 0.3) is 10.9 Å². The number of nitrogens with two attached hydrogens (primary N) is 1. The van der Waals surface area contributed by atoms with Gasteiger partial charge in [-0.2, -0.15) is 0 Å². The van der Waals surface area contributed by atoms with Crippen LogP contribution in [-0.4, -0.2) is 53.4 Å². The molecule has 224 valence electrons. The molecule has 1 aromatic heterocycles. The number of allylic oxidation sites excluding steroid dienone is 1. The average Bonchev–Trinajstić information content (AvgIpc) is 3.37. The number of nitrogens with one attached hydrogen (secondary N) is 2. The summed E-state index contributed by atoms with van der Waals surface area (Å²) >= 11 is 0. The van der Waals surface area contributed by atoms with E-state index in [1.807, 2.05) is 37.4 Å². The van der Waals surface area contributed by atoms with E-state index >= 15 is 0 Å². The highest BCUT2D eigenvalue weighted by Gasteiger charge is 2.39. The summed E-state index contributed by atoms with van der Waals surface area (Å²) in [5.74, 6) is -0.948. The second kappa shape index (κ2) is 14.7. The lowest BCUT2D eigenvalue weighted by atomic mass is 9.80. The molecule has 10 nitrogen and oxygen atoms in total. The highest BCUT2D eigenvalue weighted by Crippen LogP contribution is 2.42. The molecule has 2 heterocycles. The van der Waals surface area contributed by atoms with Crippen LogP contribution in [0.15, 0.2) is 66.6 Å². The largest absolute Gasteiger partial charge is 0.459 e. The van der Waals surface area contributed by atoms with E-state index in [4.69, 9.17) is 15.2 Å². The number of benzene rings is 2. The molecular weight excluding hydrogens is 536 g/mol. The zero-order chi connectivity index (χ0) is 30.1. The molecule has 42 heavy (non-hydrogen) atoms. The summed E-state index contributed by atoms with van der Waals surface area (Å²) in [7, 11) is 0. The molecule has 0 bridgehead atoms. The van der Waals surface area contributed by atoms with Gasteiger partial charge in [0.15, 0.2) is 5.76 Å². The Balaban J connectivity index is 1.47. The van der Waals surface area contributed by atoms with E-state index in [-0.39, 0.29) is 41.9 Å². The molecule has 1 aliphatic heterocycles. The number of rotatable bonds is 13. The number of aliphatic hydroxyl groups is 1. The normalized spacial score (nSPS) is 18.3. The van der Waals surface area contributed by atoms with Crippen LogP contribution >= 0.6 is 0 Å². The lowest BCUT2D eigenvalue weighted by Gasteiger charge is -2.36. The Bertz CT molecular complexity index is 1430. The van der Waals surface area contributed by atoms with Crippen molar-refractivity contribution in [3.8, 4) is 0 Å². The lowest BCUT2D eigenvalue weighted by Crippen LogP contribution is -2.39. The third-order valence-corrected chi connectivity index (χ3v) is 7.43. The first kappa shape index (κ1) is 30.8. The fraction of sp³-hybridized carbons (Fsp3) is 0.406. The summed E-state index contributed by atoms with van der Waals surface area (Å²) in [6.45, 7) is 4.14. The topological polar surface area (TPSA) is 145 Å². The second-order valence-electron chi connectivity index (χ2n) is 10.4. The van der Waals surface area contributed by atoms with Crippen molar-refractivity contribution in [3.05, 3.63) is 72.1 Å². The van der Waals surface area contributed by atoms with Crippen molar-refractivity contribution in [2.75, 3.05) is 30.8 Å². The van der Waals surface area contributed by atoms with E-state index < -0.39 is 6.29 Å². The molecule has 2 amide bonds. The number of carbonyl (C=O) groups is 3. The number of ether oxygens (including phenoxy) is 2. The summed E-state index contributed by atoms with van der Waals surface area (Å²) < 4.78 is 13.7. The Labute approximate surface area is 245 Å². The monoisotopic (exact) mass is 576 g/mol. The molecule has 2 aromatic carbocycles. The molecule has 0 unspecified atom stereocenters. The Hall–Kier alpha value is -4.15. The Morgan fingerprint density at radius 3 is 2.57 bits per heavy atom. The van der Waals surface area contributed by atoms with Crippen molar-refractivity contribution < 1.29 is 29.0 Å². The fourth-order valence-corrected chi connectivity index (χ4v) is 5.38. The van der Waals surface area contributed by atoms with Gasteiger partial charge < -0.3 is 30.9 Å². The van der Waals surface area contributed by atoms with Crippen LogP contribution in [0.3, 0.4) is 0 Å². The van der Waals surface area contributed by atoms with Gasteiger partial charge in [0.1, 0.15) is 0 Å². The number of fused-ring (bicyclic) bond motifs is 1. The van der Waals surface area contributed by atoms with Crippen molar-refractivity contribution in [2.45, 2.75) is 58.2 Å². The molecule has 3 atom stereocenters. The van der Waals surface area contributed by atoms with Crippen LogP contribution in [0, 0.1) is 5.92 Å². The number of hydrogen-bond acceptors (Lipinski definition) is 7. The van der Waals surface area contributed by atoms with Crippen LogP contribution in [0.2, 0.25) is 0 Å². The SMILES string of the molecule is CCO[C@H]1OC(C(=O)NCCCCC(=O)Nc2ccccc2N)=C[C@@H](c2cn(C(C)=O)c3ccccc23)[C@@H]1CCCO. The maximum atomic E-state index is 13.2. The van der Waals surface area contributed by atoms with Crippen molar-refractivity contribution in [3.63, 3.8) is 0 Å². The zero-order valence-corrected chi connectivity index (χ0v) is 24.2. The number of anilines is 2. The molecule has 0 saturated heterocycles. The van der Waals surface area contributed by atoms with Crippen molar-refractivity contribution in [2.24, 2.45) is 5.92 Å². The Kier molecular flexibility index (Phi) is 10.7. The Morgan fingerprint density at radius 1 is 1.07 bits per heavy atom. The number of nitrogens with zero attached hydrogens (tertiary/aromatic N) is 1. The summed E-state index contributed by atoms with van der Waals surface area (Å²) in [5.41, 5.74) is 8.66. The van der Waals surface area contributed by atoms with E-state index in [1.165, 1.54) is 6.92 Å². The maximum absolute atomic E-state index is 13.2. The van der Waals surface area contributed by atoms with Gasteiger partial charge in [0, 0.05) is 56.5 Å². The minimum Gasteiger partial charge on any atom is -0.459 e. The predicted molar refractivity (Wildman–Crippen MR) is 162 cm³/mol. The first-order chi connectivity index (χ1) is 20.3. The van der Waals surface area contributed by atoms with E-state index in [0.29, 0.717) is 56.6 Å². The minimum atomic E-state index is -0.703. The molecular formula is C32H40N4O6. The maximum Gasteiger partial charge on any atom is 0.286 e. The molecule has 0 spiro atoms. The van der Waals surface area contributed by atoms with Crippen molar-refractivity contribution in [1.82, 2.24) is 9.88 Å². The average molecular weight is 577 g/mol. The van der Waals surface area contributed by atoms with Gasteiger partial charge in [-0.25, -0.2) is 0 Å². The molecule has 0 radical (unpaired) electrons. The quantitative estimate of drug-likeness (QED) is 0.172. The van der Waals surface area contributed by atoms with E-state index in [9.17, 15) is 19.5 Å². The van der Waals surface area contributed by atoms with Gasteiger partial charge in [-0.15, -0.1) is 0 Å². The van der Waals surface area contributed by atoms with Gasteiger partial charge >= 0.3 is 0 Å². The lowest BCUT2D eigenvalue weighted by molar-refractivity contribution is -0.166. The third-order valence-electron chi connectivity index (χ3n) is 7.43. The van der Waals surface area contributed by atoms with E-state index in [1.54, 1.807) is 34.9 Å². The van der Waals surface area contributed by atoms with Crippen molar-refractivity contribution >= 4 is 40.0 Å². The fourth-order valence-electron chi connectivity index (χ4n) is 5.38. The van der Waals surface area contributed by atoms with Crippen LogP contribution in [0.4, 0.5) is 11.4 Å². The molecule has 0 saturated carbocycles. The first-order valence-corrected chi connectivity index (χ1v) is 14.5. The molecule has 0 aliphatic carbocycles. The van der Waals surface area contributed by atoms with Crippen LogP contribution in [-0.2, 0) is 19.1 Å². The van der Waals surface area contributed by atoms with Gasteiger partial charge in [0.05, 0.1) is 16.9 Å². The van der Waals surface area contributed by atoms with Gasteiger partial charge in [-0.3, -0.25) is 19.0 Å². The highest BCUT2D eigenvalue weighted by atomic mass is 16.7. The molecule has 4 rings (SSSR count). The number of unbranched alkanes of at least 4 members (excludes halogenated alkanes) is 1. The smallest absolute Gasteiger partial charge is 0.286 e.